The Morgan fingerprint density at radius 3 is 2.59 bits per heavy atom. The van der Waals surface area contributed by atoms with Crippen LogP contribution in [0.15, 0.2) is 63.8 Å². The maximum absolute atomic E-state index is 12.2. The molecule has 0 aromatic heterocycles. The van der Waals surface area contributed by atoms with Crippen LogP contribution >= 0.6 is 0 Å². The lowest BCUT2D eigenvalue weighted by molar-refractivity contribution is -0.466. The lowest BCUT2D eigenvalue weighted by atomic mass is 9.89. The largest absolute Gasteiger partial charge is 0.508 e. The number of carbonyl (C=O) groups is 1. The van der Waals surface area contributed by atoms with Crippen molar-refractivity contribution in [2.24, 2.45) is 0 Å². The average molecular weight is 509 g/mol. The molecule has 0 radical (unpaired) electrons. The molecule has 0 unspecified atom stereocenters. The molecule has 0 bridgehead atoms. The third-order valence-electron chi connectivity index (χ3n) is 5.75. The SMILES string of the molecule is O=C(O)c1ccc(C(O)=[NH+]CCCOC[C@H](O)CO)cc1-c1c2ccc(=O)cc-2oc2cc(O)ccc12. The summed E-state index contributed by atoms with van der Waals surface area (Å²) in [6, 6.07) is 13.0. The zero-order valence-electron chi connectivity index (χ0n) is 19.7. The second kappa shape index (κ2) is 11.2. The number of aromatic carboxylic acids is 1. The van der Waals surface area contributed by atoms with Gasteiger partial charge in [-0.3, -0.25) is 4.79 Å². The Kier molecular flexibility index (Phi) is 7.83. The molecule has 2 aliphatic rings. The molecule has 0 fully saturated rings. The standard InChI is InChI=1S/C27H25NO9/c29-13-18(32)14-36-9-1-8-28-26(33)15-2-5-19(27(34)35)22(10-15)25-20-6-3-16(30)11-23(20)37-24-12-17(31)4-7-21(24)25/h2-7,10-12,18,29-30,32H,1,8-9,13-14H2,(H,28,33)(H,34,35)/p+1/t18-/m1/s1. The summed E-state index contributed by atoms with van der Waals surface area (Å²) in [7, 11) is 0. The third-order valence-corrected chi connectivity index (χ3v) is 5.75. The van der Waals surface area contributed by atoms with Gasteiger partial charge < -0.3 is 34.7 Å². The molecular formula is C27H26NO9+. The number of benzene rings is 3. The number of carboxylic acid groups (broad SMARTS) is 1. The van der Waals surface area contributed by atoms with Crippen molar-refractivity contribution in [3.05, 3.63) is 75.9 Å². The van der Waals surface area contributed by atoms with Gasteiger partial charge >= 0.3 is 11.9 Å². The molecule has 0 saturated heterocycles. The quantitative estimate of drug-likeness (QED) is 0.0794. The number of phenols is 1. The van der Waals surface area contributed by atoms with E-state index >= 15 is 0 Å². The van der Waals surface area contributed by atoms with Crippen LogP contribution in [0, 0.1) is 0 Å². The highest BCUT2D eigenvalue weighted by molar-refractivity contribution is 6.08. The van der Waals surface area contributed by atoms with Crippen LogP contribution in [-0.4, -0.2) is 69.9 Å². The number of aromatic hydroxyl groups is 1. The highest BCUT2D eigenvalue weighted by Crippen LogP contribution is 2.42. The van der Waals surface area contributed by atoms with E-state index in [4.69, 9.17) is 14.3 Å². The van der Waals surface area contributed by atoms with Crippen molar-refractivity contribution in [1.82, 2.24) is 0 Å². The number of aliphatic hydroxyl groups excluding tert-OH is 3. The normalized spacial score (nSPS) is 12.8. The molecule has 0 saturated carbocycles. The van der Waals surface area contributed by atoms with Gasteiger partial charge in [0, 0.05) is 35.1 Å². The fourth-order valence-electron chi connectivity index (χ4n) is 3.99. The average Bonchev–Trinajstić information content (AvgIpc) is 2.88. The van der Waals surface area contributed by atoms with Crippen molar-refractivity contribution in [3.8, 4) is 28.2 Å². The van der Waals surface area contributed by atoms with Gasteiger partial charge in [-0.2, -0.15) is 0 Å². The number of phenolic OH excluding ortho intramolecular Hbond substituents is 1. The van der Waals surface area contributed by atoms with E-state index in [9.17, 15) is 30.0 Å². The van der Waals surface area contributed by atoms with Crippen LogP contribution in [0.25, 0.3) is 33.4 Å². The van der Waals surface area contributed by atoms with Crippen LogP contribution in [0.3, 0.4) is 0 Å². The molecule has 4 rings (SSSR count). The first-order valence-electron chi connectivity index (χ1n) is 11.5. The maximum atomic E-state index is 12.2. The number of ether oxygens (including phenoxy) is 1. The first-order chi connectivity index (χ1) is 17.8. The van der Waals surface area contributed by atoms with Crippen molar-refractivity contribution in [2.75, 3.05) is 26.4 Å². The van der Waals surface area contributed by atoms with E-state index in [0.29, 0.717) is 41.6 Å². The summed E-state index contributed by atoms with van der Waals surface area (Å²) < 4.78 is 11.1. The number of carboxylic acids is 1. The molecule has 1 aliphatic heterocycles. The zero-order chi connectivity index (χ0) is 26.5. The topological polar surface area (TPSA) is 172 Å². The third kappa shape index (κ3) is 5.78. The second-order valence-electron chi connectivity index (χ2n) is 8.42. The highest BCUT2D eigenvalue weighted by Gasteiger charge is 2.23. The van der Waals surface area contributed by atoms with Gasteiger partial charge in [0.05, 0.1) is 30.9 Å². The summed E-state index contributed by atoms with van der Waals surface area (Å²) in [4.78, 5) is 27.0. The van der Waals surface area contributed by atoms with Gasteiger partial charge in [-0.15, -0.1) is 0 Å². The molecule has 10 nitrogen and oxygen atoms in total. The van der Waals surface area contributed by atoms with E-state index in [1.165, 1.54) is 42.5 Å². The molecule has 6 N–H and O–H groups in total. The molecule has 1 atom stereocenters. The van der Waals surface area contributed by atoms with E-state index in [1.807, 2.05) is 0 Å². The predicted octanol–water partition coefficient (Wildman–Crippen LogP) is 1.11. The van der Waals surface area contributed by atoms with E-state index in [2.05, 4.69) is 4.99 Å². The predicted molar refractivity (Wildman–Crippen MR) is 134 cm³/mol. The van der Waals surface area contributed by atoms with Crippen molar-refractivity contribution < 1.29 is 44.5 Å². The van der Waals surface area contributed by atoms with Crippen LogP contribution in [-0.2, 0) is 4.74 Å². The van der Waals surface area contributed by atoms with Crippen LogP contribution < -0.4 is 10.4 Å². The minimum atomic E-state index is -1.18. The Balaban J connectivity index is 1.76. The summed E-state index contributed by atoms with van der Waals surface area (Å²) in [5.74, 6) is -1.20. The van der Waals surface area contributed by atoms with Gasteiger partial charge in [0.15, 0.2) is 5.43 Å². The van der Waals surface area contributed by atoms with E-state index < -0.39 is 12.1 Å². The molecule has 1 aliphatic carbocycles. The Morgan fingerprint density at radius 2 is 1.84 bits per heavy atom. The summed E-state index contributed by atoms with van der Waals surface area (Å²) >= 11 is 0. The lowest BCUT2D eigenvalue weighted by Crippen LogP contribution is -2.73. The first kappa shape index (κ1) is 25.8. The Hall–Kier alpha value is -4.25. The second-order valence-corrected chi connectivity index (χ2v) is 8.42. The number of fused-ring (bicyclic) bond motifs is 2. The van der Waals surface area contributed by atoms with Crippen LogP contribution in [0.5, 0.6) is 5.75 Å². The molecule has 37 heavy (non-hydrogen) atoms. The molecule has 192 valence electrons. The molecule has 0 amide bonds. The van der Waals surface area contributed by atoms with E-state index in [-0.39, 0.29) is 52.8 Å². The summed E-state index contributed by atoms with van der Waals surface area (Å²) in [5.41, 5.74) is 1.52. The van der Waals surface area contributed by atoms with Crippen LogP contribution in [0.1, 0.15) is 22.3 Å². The van der Waals surface area contributed by atoms with Gasteiger partial charge in [0.2, 0.25) is 0 Å². The fourth-order valence-corrected chi connectivity index (χ4v) is 3.99. The molecule has 2 aromatic carbocycles. The fraction of sp³-hybridized carbons (Fsp3) is 0.222. The monoisotopic (exact) mass is 508 g/mol. The van der Waals surface area contributed by atoms with E-state index in [0.717, 1.165) is 0 Å². The first-order valence-corrected chi connectivity index (χ1v) is 11.5. The minimum Gasteiger partial charge on any atom is -0.508 e. The number of nitrogens with one attached hydrogen (secondary N) is 1. The minimum absolute atomic E-state index is 0.00307. The van der Waals surface area contributed by atoms with Crippen LogP contribution in [0.2, 0.25) is 0 Å². The van der Waals surface area contributed by atoms with Gasteiger partial charge in [0.25, 0.3) is 0 Å². The summed E-state index contributed by atoms with van der Waals surface area (Å²) in [6.07, 6.45) is -0.445. The number of hydrogen-bond donors (Lipinski definition) is 6. The van der Waals surface area contributed by atoms with E-state index in [1.54, 1.807) is 12.1 Å². The molecule has 2 aromatic rings. The highest BCUT2D eigenvalue weighted by atomic mass is 16.5. The lowest BCUT2D eigenvalue weighted by Gasteiger charge is -2.17. The van der Waals surface area contributed by atoms with Crippen molar-refractivity contribution in [3.63, 3.8) is 0 Å². The van der Waals surface area contributed by atoms with Crippen LogP contribution in [0.4, 0.5) is 0 Å². The summed E-state index contributed by atoms with van der Waals surface area (Å²) in [6.45, 7) is 0.239. The Labute approximate surface area is 210 Å². The number of hydrogen-bond acceptors (Lipinski definition) is 7. The van der Waals surface area contributed by atoms with Gasteiger partial charge in [0.1, 0.15) is 29.7 Å². The van der Waals surface area contributed by atoms with Crippen molar-refractivity contribution in [1.29, 1.82) is 0 Å². The van der Waals surface area contributed by atoms with Crippen molar-refractivity contribution in [2.45, 2.75) is 12.5 Å². The molecule has 1 heterocycles. The van der Waals surface area contributed by atoms with Gasteiger partial charge in [-0.05, 0) is 48.0 Å². The van der Waals surface area contributed by atoms with Gasteiger partial charge in [-0.25, -0.2) is 9.79 Å². The molecule has 10 heteroatoms. The maximum Gasteiger partial charge on any atom is 0.365 e. The number of rotatable bonds is 10. The smallest absolute Gasteiger partial charge is 0.365 e. The molecular weight excluding hydrogens is 482 g/mol. The van der Waals surface area contributed by atoms with Crippen molar-refractivity contribution >= 4 is 22.8 Å². The Bertz CT molecular complexity index is 1490. The van der Waals surface area contributed by atoms with Gasteiger partial charge in [-0.1, -0.05) is 0 Å². The zero-order valence-corrected chi connectivity index (χ0v) is 19.7. The number of aliphatic hydroxyl groups is 3. The molecule has 0 spiro atoms. The Morgan fingerprint density at radius 1 is 1.03 bits per heavy atom. The summed E-state index contributed by atoms with van der Waals surface area (Å²) in [5, 5.41) is 49.1.